The van der Waals surface area contributed by atoms with Gasteiger partial charge in [-0.05, 0) is 36.3 Å². The summed E-state index contributed by atoms with van der Waals surface area (Å²) in [7, 11) is 1.96. The van der Waals surface area contributed by atoms with E-state index < -0.39 is 0 Å². The van der Waals surface area contributed by atoms with Crippen LogP contribution in [0.5, 0.6) is 0 Å². The van der Waals surface area contributed by atoms with Gasteiger partial charge >= 0.3 is 0 Å². The fraction of sp³-hybridized carbons (Fsp3) is 0.643. The Bertz CT molecular complexity index is 418. The first-order valence-corrected chi connectivity index (χ1v) is 6.09. The van der Waals surface area contributed by atoms with Gasteiger partial charge in [0.25, 0.3) is 0 Å². The van der Waals surface area contributed by atoms with Gasteiger partial charge in [0.05, 0.1) is 6.07 Å². The molecule has 1 aromatic heterocycles. The summed E-state index contributed by atoms with van der Waals surface area (Å²) in [6, 6.07) is 2.16. The molecule has 0 radical (unpaired) electrons. The Balaban J connectivity index is 2.52. The van der Waals surface area contributed by atoms with E-state index in [2.05, 4.69) is 33.8 Å². The molecule has 16 heavy (non-hydrogen) atoms. The summed E-state index contributed by atoms with van der Waals surface area (Å²) in [4.78, 5) is 0. The van der Waals surface area contributed by atoms with Gasteiger partial charge in [-0.15, -0.1) is 0 Å². The molecule has 0 atom stereocenters. The topological polar surface area (TPSA) is 17.0 Å². The summed E-state index contributed by atoms with van der Waals surface area (Å²) < 4.78 is 7.67. The van der Waals surface area contributed by atoms with E-state index in [1.54, 1.807) is 0 Å². The minimum Gasteiger partial charge on any atom is -0.237 e. The molecule has 1 aliphatic rings. The molecule has 2 heteroatoms. The lowest BCUT2D eigenvalue weighted by atomic mass is 9.72. The van der Waals surface area contributed by atoms with Gasteiger partial charge in [0.1, 0.15) is 0 Å². The van der Waals surface area contributed by atoms with Gasteiger partial charge in [-0.2, -0.15) is 0 Å². The summed E-state index contributed by atoms with van der Waals surface area (Å²) in [5.74, 6) is 1.06. The van der Waals surface area contributed by atoms with Crippen LogP contribution >= 0.6 is 0 Å². The number of hydrogen-bond donors (Lipinski definition) is 0. The Hall–Kier alpha value is -1.05. The second-order valence-electron chi connectivity index (χ2n) is 5.63. The maximum atomic E-state index is 5.82. The molecule has 88 valence electrons. The highest BCUT2D eigenvalue weighted by Crippen LogP contribution is 2.45. The zero-order valence-corrected chi connectivity index (χ0v) is 11.1. The summed E-state index contributed by atoms with van der Waals surface area (Å²) in [6.07, 6.45) is 3.76. The van der Waals surface area contributed by atoms with Crippen molar-refractivity contribution in [1.82, 2.24) is 0 Å². The van der Waals surface area contributed by atoms with Gasteiger partial charge in [-0.3, -0.25) is 0 Å². The molecule has 1 heterocycles. The van der Waals surface area contributed by atoms with E-state index in [0.29, 0.717) is 0 Å². The molecule has 0 amide bonds. The third-order valence-electron chi connectivity index (χ3n) is 3.78. The first kappa shape index (κ1) is 11.4. The molecule has 0 unspecified atom stereocenters. The van der Waals surface area contributed by atoms with Crippen LogP contribution in [-0.4, -0.2) is 0 Å². The molecule has 0 spiro atoms. The normalized spacial score (nSPS) is 20.3. The highest BCUT2D eigenvalue weighted by atomic mass is 16.5. The zero-order valence-electron chi connectivity index (χ0n) is 11.1. The molecule has 1 aromatic rings. The van der Waals surface area contributed by atoms with E-state index in [-0.39, 0.29) is 5.41 Å². The van der Waals surface area contributed by atoms with E-state index in [0.717, 1.165) is 5.76 Å². The van der Waals surface area contributed by atoms with Crippen LogP contribution in [-0.2, 0) is 7.05 Å². The van der Waals surface area contributed by atoms with Crippen LogP contribution in [0.25, 0.3) is 5.57 Å². The first-order valence-electron chi connectivity index (χ1n) is 6.09. The van der Waals surface area contributed by atoms with Crippen molar-refractivity contribution in [1.29, 1.82) is 0 Å². The smallest absolute Gasteiger partial charge is 0.228 e. The standard InChI is InChI=1S/C14H22NO/c1-10-7-6-8-14(3,4)13(10)12-9-11(2)15(5)16-12/h9H,6-8H2,1-5H3/q+1. The van der Waals surface area contributed by atoms with Crippen molar-refractivity contribution < 1.29 is 9.26 Å². The number of nitrogens with zero attached hydrogens (tertiary/aromatic N) is 1. The van der Waals surface area contributed by atoms with Crippen molar-refractivity contribution in [3.8, 4) is 0 Å². The van der Waals surface area contributed by atoms with Crippen LogP contribution in [0.1, 0.15) is 51.5 Å². The molecule has 0 aromatic carbocycles. The average molecular weight is 220 g/mol. The Morgan fingerprint density at radius 2 is 2.00 bits per heavy atom. The van der Waals surface area contributed by atoms with Crippen LogP contribution in [0.3, 0.4) is 0 Å². The predicted octanol–water partition coefficient (Wildman–Crippen LogP) is 3.40. The monoisotopic (exact) mass is 220 g/mol. The number of allylic oxidation sites excluding steroid dienone is 2. The van der Waals surface area contributed by atoms with Gasteiger partial charge in [-0.1, -0.05) is 19.4 Å². The Labute approximate surface area is 97.9 Å². The lowest BCUT2D eigenvalue weighted by Crippen LogP contribution is -2.28. The molecule has 2 nitrogen and oxygen atoms in total. The molecule has 0 saturated heterocycles. The van der Waals surface area contributed by atoms with Crippen LogP contribution in [0.4, 0.5) is 0 Å². The maximum Gasteiger partial charge on any atom is 0.228 e. The largest absolute Gasteiger partial charge is 0.237 e. The van der Waals surface area contributed by atoms with Gasteiger partial charge in [0, 0.05) is 12.5 Å². The van der Waals surface area contributed by atoms with E-state index in [4.69, 9.17) is 4.52 Å². The number of rotatable bonds is 1. The Kier molecular flexibility index (Phi) is 2.69. The predicted molar refractivity (Wildman–Crippen MR) is 64.8 cm³/mol. The highest BCUT2D eigenvalue weighted by molar-refractivity contribution is 5.69. The molecule has 1 aliphatic carbocycles. The molecular formula is C14H22NO+. The third-order valence-corrected chi connectivity index (χ3v) is 3.78. The SMILES string of the molecule is CC1=C(c2cc(C)[n+](C)o2)C(C)(C)CCC1. The maximum absolute atomic E-state index is 5.82. The Morgan fingerprint density at radius 3 is 2.50 bits per heavy atom. The van der Waals surface area contributed by atoms with Crippen LogP contribution < -0.4 is 4.74 Å². The van der Waals surface area contributed by atoms with Crippen LogP contribution in [0.15, 0.2) is 16.2 Å². The van der Waals surface area contributed by atoms with Crippen LogP contribution in [0, 0.1) is 12.3 Å². The molecule has 0 bridgehead atoms. The van der Waals surface area contributed by atoms with Crippen molar-refractivity contribution in [3.05, 3.63) is 23.1 Å². The van der Waals surface area contributed by atoms with Crippen molar-refractivity contribution >= 4 is 5.57 Å². The fourth-order valence-electron chi connectivity index (χ4n) is 2.81. The quantitative estimate of drug-likeness (QED) is 0.663. The number of hydrogen-bond acceptors (Lipinski definition) is 1. The second kappa shape index (κ2) is 3.76. The molecule has 0 fully saturated rings. The minimum absolute atomic E-state index is 0.250. The average Bonchev–Trinajstić information content (AvgIpc) is 2.44. The van der Waals surface area contributed by atoms with E-state index in [1.807, 2.05) is 11.8 Å². The number of aryl methyl sites for hydroxylation is 2. The van der Waals surface area contributed by atoms with E-state index in [1.165, 1.54) is 36.1 Å². The lowest BCUT2D eigenvalue weighted by molar-refractivity contribution is -0.849. The fourth-order valence-corrected chi connectivity index (χ4v) is 2.81. The van der Waals surface area contributed by atoms with Crippen molar-refractivity contribution in [2.45, 2.75) is 47.0 Å². The summed E-state index contributed by atoms with van der Waals surface area (Å²) in [6.45, 7) is 8.97. The summed E-state index contributed by atoms with van der Waals surface area (Å²) in [5.41, 5.74) is 4.34. The van der Waals surface area contributed by atoms with E-state index in [9.17, 15) is 0 Å². The van der Waals surface area contributed by atoms with E-state index >= 15 is 0 Å². The lowest BCUT2D eigenvalue weighted by Gasteiger charge is -2.32. The molecule has 0 aliphatic heterocycles. The minimum atomic E-state index is 0.250. The molecular weight excluding hydrogens is 198 g/mol. The summed E-state index contributed by atoms with van der Waals surface area (Å²) in [5, 5.41) is 0. The van der Waals surface area contributed by atoms with Gasteiger partial charge in [0.2, 0.25) is 11.5 Å². The van der Waals surface area contributed by atoms with Gasteiger partial charge < -0.3 is 0 Å². The second-order valence-corrected chi connectivity index (χ2v) is 5.63. The van der Waals surface area contributed by atoms with Crippen molar-refractivity contribution in [3.63, 3.8) is 0 Å². The number of aromatic nitrogens is 1. The first-order chi connectivity index (χ1) is 7.42. The third kappa shape index (κ3) is 1.81. The zero-order chi connectivity index (χ0) is 11.9. The van der Waals surface area contributed by atoms with Crippen LogP contribution in [0.2, 0.25) is 0 Å². The van der Waals surface area contributed by atoms with Gasteiger partial charge in [-0.25, -0.2) is 4.52 Å². The molecule has 0 N–H and O–H groups in total. The van der Waals surface area contributed by atoms with Crippen molar-refractivity contribution in [2.24, 2.45) is 12.5 Å². The summed E-state index contributed by atoms with van der Waals surface area (Å²) >= 11 is 0. The highest BCUT2D eigenvalue weighted by Gasteiger charge is 2.33. The molecule has 2 rings (SSSR count). The van der Waals surface area contributed by atoms with Gasteiger partial charge in [0.15, 0.2) is 7.05 Å². The van der Waals surface area contributed by atoms with Crippen molar-refractivity contribution in [2.75, 3.05) is 0 Å². The molecule has 0 saturated carbocycles. The Morgan fingerprint density at radius 1 is 1.31 bits per heavy atom.